The van der Waals surface area contributed by atoms with Crippen molar-refractivity contribution in [3.8, 4) is 0 Å². The molecule has 1 unspecified atom stereocenters. The van der Waals surface area contributed by atoms with Gasteiger partial charge in [0, 0.05) is 19.6 Å². The van der Waals surface area contributed by atoms with Gasteiger partial charge in [0.25, 0.3) is 0 Å². The maximum absolute atomic E-state index is 12.1. The summed E-state index contributed by atoms with van der Waals surface area (Å²) in [7, 11) is 0. The minimum Gasteiger partial charge on any atom is -0.480 e. The quantitative estimate of drug-likeness (QED) is 0.674. The molecule has 2 saturated heterocycles. The van der Waals surface area contributed by atoms with E-state index in [2.05, 4.69) is 0 Å². The number of carbonyl (C=O) groups excluding carboxylic acids is 2. The molecule has 1 atom stereocenters. The summed E-state index contributed by atoms with van der Waals surface area (Å²) in [5, 5.41) is 8.60. The predicted octanol–water partition coefficient (Wildman–Crippen LogP) is -0.301. The van der Waals surface area contributed by atoms with E-state index in [9.17, 15) is 14.4 Å². The van der Waals surface area contributed by atoms with Gasteiger partial charge >= 0.3 is 5.97 Å². The van der Waals surface area contributed by atoms with Crippen LogP contribution in [0.2, 0.25) is 0 Å². The van der Waals surface area contributed by atoms with Gasteiger partial charge in [0.15, 0.2) is 0 Å². The van der Waals surface area contributed by atoms with Crippen LogP contribution in [-0.2, 0) is 19.1 Å². The van der Waals surface area contributed by atoms with Gasteiger partial charge in [-0.05, 0) is 13.3 Å². The molecule has 2 amide bonds. The van der Waals surface area contributed by atoms with Gasteiger partial charge in [0.1, 0.15) is 6.61 Å². The predicted molar refractivity (Wildman–Crippen MR) is 69.0 cm³/mol. The topological polar surface area (TPSA) is 87.2 Å². The maximum atomic E-state index is 12.1. The molecule has 0 radical (unpaired) electrons. The molecule has 7 nitrogen and oxygen atoms in total. The van der Waals surface area contributed by atoms with Crippen molar-refractivity contribution in [3.05, 3.63) is 0 Å². The first kappa shape index (κ1) is 14.9. The lowest BCUT2D eigenvalue weighted by Gasteiger charge is -2.49. The number of likely N-dealkylation sites (tertiary alicyclic amines) is 2. The van der Waals surface area contributed by atoms with Crippen molar-refractivity contribution in [2.24, 2.45) is 0 Å². The van der Waals surface area contributed by atoms with Crippen LogP contribution in [0, 0.1) is 0 Å². The molecule has 2 fully saturated rings. The van der Waals surface area contributed by atoms with E-state index in [1.807, 2.05) is 18.7 Å². The number of hydrogen-bond acceptors (Lipinski definition) is 5. The van der Waals surface area contributed by atoms with Crippen molar-refractivity contribution < 1.29 is 24.2 Å². The Morgan fingerprint density at radius 2 is 2.10 bits per heavy atom. The van der Waals surface area contributed by atoms with Gasteiger partial charge in [-0.2, -0.15) is 0 Å². The lowest BCUT2D eigenvalue weighted by molar-refractivity contribution is -0.172. The molecule has 0 saturated carbocycles. The van der Waals surface area contributed by atoms with Crippen LogP contribution < -0.4 is 0 Å². The van der Waals surface area contributed by atoms with Crippen LogP contribution in [0.25, 0.3) is 0 Å². The minimum absolute atomic E-state index is 0.123. The van der Waals surface area contributed by atoms with E-state index < -0.39 is 17.6 Å². The summed E-state index contributed by atoms with van der Waals surface area (Å²) in [4.78, 5) is 37.6. The number of rotatable bonds is 6. The number of amides is 2. The zero-order valence-corrected chi connectivity index (χ0v) is 11.8. The summed E-state index contributed by atoms with van der Waals surface area (Å²) >= 11 is 0. The standard InChI is InChI=1S/C13H20N2O5/c1-3-4-15-10(16)5-9(12(15)19)14-7-13(2,8-14)20-6-11(17)18/h9H,3-8H2,1-2H3,(H,17,18). The molecule has 0 aromatic heterocycles. The van der Waals surface area contributed by atoms with Crippen LogP contribution in [0.1, 0.15) is 26.7 Å². The molecule has 0 bridgehead atoms. The second-order valence-electron chi connectivity index (χ2n) is 5.64. The van der Waals surface area contributed by atoms with Gasteiger partial charge in [-0.25, -0.2) is 4.79 Å². The summed E-state index contributed by atoms with van der Waals surface area (Å²) in [5.41, 5.74) is -0.542. The van der Waals surface area contributed by atoms with E-state index >= 15 is 0 Å². The van der Waals surface area contributed by atoms with Gasteiger partial charge in [0.2, 0.25) is 11.8 Å². The molecular formula is C13H20N2O5. The fraction of sp³-hybridized carbons (Fsp3) is 0.769. The molecule has 7 heteroatoms. The fourth-order valence-corrected chi connectivity index (χ4v) is 2.77. The highest BCUT2D eigenvalue weighted by Crippen LogP contribution is 2.31. The summed E-state index contributed by atoms with van der Waals surface area (Å²) in [6.45, 7) is 4.82. The molecule has 0 aromatic carbocycles. The molecule has 1 N–H and O–H groups in total. The number of imide groups is 1. The zero-order valence-electron chi connectivity index (χ0n) is 11.8. The van der Waals surface area contributed by atoms with Gasteiger partial charge < -0.3 is 9.84 Å². The van der Waals surface area contributed by atoms with Crippen molar-refractivity contribution >= 4 is 17.8 Å². The molecule has 2 aliphatic heterocycles. The monoisotopic (exact) mass is 284 g/mol. The van der Waals surface area contributed by atoms with Gasteiger partial charge in [-0.15, -0.1) is 0 Å². The van der Waals surface area contributed by atoms with E-state index in [0.717, 1.165) is 6.42 Å². The van der Waals surface area contributed by atoms with Crippen molar-refractivity contribution in [1.82, 2.24) is 9.80 Å². The third-order valence-corrected chi connectivity index (χ3v) is 3.73. The van der Waals surface area contributed by atoms with E-state index in [1.54, 1.807) is 0 Å². The molecule has 0 aliphatic carbocycles. The van der Waals surface area contributed by atoms with E-state index in [-0.39, 0.29) is 24.8 Å². The Balaban J connectivity index is 1.88. The summed E-state index contributed by atoms with van der Waals surface area (Å²) in [5.74, 6) is -1.27. The van der Waals surface area contributed by atoms with Crippen molar-refractivity contribution in [2.75, 3.05) is 26.2 Å². The highest BCUT2D eigenvalue weighted by molar-refractivity contribution is 6.05. The number of nitrogens with zero attached hydrogens (tertiary/aromatic N) is 2. The highest BCUT2D eigenvalue weighted by atomic mass is 16.5. The van der Waals surface area contributed by atoms with Crippen molar-refractivity contribution in [1.29, 1.82) is 0 Å². The smallest absolute Gasteiger partial charge is 0.329 e. The van der Waals surface area contributed by atoms with Crippen LogP contribution in [0.15, 0.2) is 0 Å². The molecule has 112 valence electrons. The number of hydrogen-bond donors (Lipinski definition) is 1. The Labute approximate surface area is 117 Å². The SMILES string of the molecule is CCCN1C(=O)CC(N2CC(C)(OCC(=O)O)C2)C1=O. The van der Waals surface area contributed by atoms with Gasteiger partial charge in [-0.1, -0.05) is 6.92 Å². The summed E-state index contributed by atoms with van der Waals surface area (Å²) < 4.78 is 5.30. The average Bonchev–Trinajstić information content (AvgIpc) is 2.61. The molecule has 0 spiro atoms. The van der Waals surface area contributed by atoms with Gasteiger partial charge in [-0.3, -0.25) is 19.4 Å². The minimum atomic E-state index is -1.01. The molecule has 2 rings (SSSR count). The first-order chi connectivity index (χ1) is 9.36. The Bertz CT molecular complexity index is 430. The number of carboxylic acids is 1. The normalized spacial score (nSPS) is 25.9. The summed E-state index contributed by atoms with van der Waals surface area (Å²) in [6, 6.07) is -0.407. The first-order valence-corrected chi connectivity index (χ1v) is 6.80. The molecule has 0 aromatic rings. The zero-order chi connectivity index (χ0) is 14.9. The lowest BCUT2D eigenvalue weighted by Crippen LogP contribution is -2.65. The highest BCUT2D eigenvalue weighted by Gasteiger charge is 2.50. The fourth-order valence-electron chi connectivity index (χ4n) is 2.77. The van der Waals surface area contributed by atoms with Crippen LogP contribution in [-0.4, -0.2) is 70.6 Å². The number of aliphatic carboxylic acids is 1. The second kappa shape index (κ2) is 5.49. The van der Waals surface area contributed by atoms with E-state index in [0.29, 0.717) is 19.6 Å². The Morgan fingerprint density at radius 3 is 2.65 bits per heavy atom. The van der Waals surface area contributed by atoms with E-state index in [4.69, 9.17) is 9.84 Å². The largest absolute Gasteiger partial charge is 0.480 e. The molecule has 2 aliphatic rings. The molecular weight excluding hydrogens is 264 g/mol. The average molecular weight is 284 g/mol. The number of carboxylic acid groups (broad SMARTS) is 1. The van der Waals surface area contributed by atoms with Crippen molar-refractivity contribution in [2.45, 2.75) is 38.3 Å². The molecule has 2 heterocycles. The lowest BCUT2D eigenvalue weighted by atomic mass is 9.93. The van der Waals surface area contributed by atoms with Crippen LogP contribution in [0.5, 0.6) is 0 Å². The Morgan fingerprint density at radius 1 is 1.45 bits per heavy atom. The van der Waals surface area contributed by atoms with Crippen LogP contribution >= 0.6 is 0 Å². The maximum Gasteiger partial charge on any atom is 0.329 e. The van der Waals surface area contributed by atoms with Crippen LogP contribution in [0.3, 0.4) is 0 Å². The number of ether oxygens (including phenoxy) is 1. The summed E-state index contributed by atoms with van der Waals surface area (Å²) in [6.07, 6.45) is 0.970. The Kier molecular flexibility index (Phi) is 4.10. The Hall–Kier alpha value is -1.47. The molecule has 20 heavy (non-hydrogen) atoms. The third kappa shape index (κ3) is 2.83. The van der Waals surface area contributed by atoms with Crippen LogP contribution in [0.4, 0.5) is 0 Å². The third-order valence-electron chi connectivity index (χ3n) is 3.73. The van der Waals surface area contributed by atoms with Crippen molar-refractivity contribution in [3.63, 3.8) is 0 Å². The van der Waals surface area contributed by atoms with E-state index in [1.165, 1.54) is 4.90 Å². The second-order valence-corrected chi connectivity index (χ2v) is 5.64. The van der Waals surface area contributed by atoms with Gasteiger partial charge in [0.05, 0.1) is 18.1 Å². The number of carbonyl (C=O) groups is 3. The first-order valence-electron chi connectivity index (χ1n) is 6.80.